The Morgan fingerprint density at radius 2 is 2.21 bits per heavy atom. The summed E-state index contributed by atoms with van der Waals surface area (Å²) >= 11 is 5.97. The van der Waals surface area contributed by atoms with Gasteiger partial charge < -0.3 is 9.84 Å². The summed E-state index contributed by atoms with van der Waals surface area (Å²) in [6.45, 7) is 3.27. The van der Waals surface area contributed by atoms with E-state index in [2.05, 4.69) is 22.4 Å². The Balaban J connectivity index is 1.72. The highest BCUT2D eigenvalue weighted by Crippen LogP contribution is 2.43. The second-order valence-electron chi connectivity index (χ2n) is 4.68. The molecule has 1 aromatic rings. The third-order valence-corrected chi connectivity index (χ3v) is 7.69. The highest BCUT2D eigenvalue weighted by molar-refractivity contribution is 8.06. The lowest BCUT2D eigenvalue weighted by molar-refractivity contribution is 0.338. The van der Waals surface area contributed by atoms with Gasteiger partial charge in [-0.1, -0.05) is 12.1 Å². The van der Waals surface area contributed by atoms with Crippen molar-refractivity contribution in [2.75, 3.05) is 29.6 Å². The van der Waals surface area contributed by atoms with Crippen LogP contribution in [0.2, 0.25) is 0 Å². The molecule has 1 N–H and O–H groups in total. The molecule has 0 saturated carbocycles. The molecule has 0 aliphatic carbocycles. The van der Waals surface area contributed by atoms with E-state index in [1.165, 1.54) is 23.7 Å². The lowest BCUT2D eigenvalue weighted by Crippen LogP contribution is -2.30. The van der Waals surface area contributed by atoms with Gasteiger partial charge >= 0.3 is 0 Å². The first-order valence-electron chi connectivity index (χ1n) is 6.76. The van der Waals surface area contributed by atoms with Crippen molar-refractivity contribution in [2.45, 2.75) is 29.9 Å². The Bertz CT molecular complexity index is 409. The predicted molar refractivity (Wildman–Crippen MR) is 84.1 cm³/mol. The van der Waals surface area contributed by atoms with Gasteiger partial charge in [-0.3, -0.25) is 0 Å². The first kappa shape index (κ1) is 14.1. The second kappa shape index (κ2) is 6.74. The van der Waals surface area contributed by atoms with Crippen LogP contribution in [0.3, 0.4) is 0 Å². The summed E-state index contributed by atoms with van der Waals surface area (Å²) in [5.74, 6) is 6.30. The molecule has 3 rings (SSSR count). The maximum absolute atomic E-state index is 5.49. The van der Waals surface area contributed by atoms with E-state index in [9.17, 15) is 0 Å². The van der Waals surface area contributed by atoms with Gasteiger partial charge in [0.2, 0.25) is 5.89 Å². The molecule has 2 aliphatic rings. The van der Waals surface area contributed by atoms with Gasteiger partial charge in [0.1, 0.15) is 0 Å². The van der Waals surface area contributed by atoms with Gasteiger partial charge in [-0.25, -0.2) is 0 Å². The van der Waals surface area contributed by atoms with E-state index in [1.807, 2.05) is 35.3 Å². The molecule has 0 bridgehead atoms. The Kier molecular flexibility index (Phi) is 5.00. The van der Waals surface area contributed by atoms with E-state index in [1.54, 1.807) is 0 Å². The summed E-state index contributed by atoms with van der Waals surface area (Å²) < 4.78 is 5.49. The summed E-state index contributed by atoms with van der Waals surface area (Å²) in [5, 5.41) is 8.71. The van der Waals surface area contributed by atoms with Crippen LogP contribution in [-0.4, -0.2) is 44.9 Å². The van der Waals surface area contributed by atoms with Gasteiger partial charge in [0.05, 0.1) is 11.3 Å². The average molecular weight is 318 g/mol. The second-order valence-corrected chi connectivity index (χ2v) is 8.43. The van der Waals surface area contributed by atoms with E-state index >= 15 is 0 Å². The Morgan fingerprint density at radius 3 is 3.00 bits per heavy atom. The molecule has 2 aliphatic heterocycles. The molecule has 0 amide bonds. The molecule has 3 heterocycles. The van der Waals surface area contributed by atoms with Crippen LogP contribution in [0.15, 0.2) is 4.52 Å². The third-order valence-electron chi connectivity index (χ3n) is 3.38. The number of nitrogens with one attached hydrogen (secondary N) is 1. The summed E-state index contributed by atoms with van der Waals surface area (Å²) in [6.07, 6.45) is 1.17. The zero-order chi connectivity index (χ0) is 13.1. The molecule has 3 atom stereocenters. The van der Waals surface area contributed by atoms with Crippen LogP contribution in [0.5, 0.6) is 0 Å². The van der Waals surface area contributed by atoms with Crippen molar-refractivity contribution >= 4 is 35.3 Å². The molecule has 7 heteroatoms. The maximum Gasteiger partial charge on any atom is 0.244 e. The van der Waals surface area contributed by atoms with Crippen LogP contribution in [0.25, 0.3) is 0 Å². The molecule has 4 nitrogen and oxygen atoms in total. The number of nitrogens with zero attached hydrogens (tertiary/aromatic N) is 2. The molecule has 2 saturated heterocycles. The topological polar surface area (TPSA) is 51.0 Å². The lowest BCUT2D eigenvalue weighted by Gasteiger charge is -2.27. The standard InChI is InChI=1S/C12H19N3OS3/c1-2-9-10(19-6-5-18-9)11-14-12(16-15-11)8-7-17-4-3-13-8/h8-10,13H,2-7H2,1H3. The first-order chi connectivity index (χ1) is 9.38. The highest BCUT2D eigenvalue weighted by atomic mass is 32.2. The van der Waals surface area contributed by atoms with E-state index in [0.717, 1.165) is 24.0 Å². The van der Waals surface area contributed by atoms with Crippen molar-refractivity contribution in [3.63, 3.8) is 0 Å². The van der Waals surface area contributed by atoms with Crippen LogP contribution >= 0.6 is 35.3 Å². The number of aromatic nitrogens is 2. The van der Waals surface area contributed by atoms with Gasteiger partial charge in [0, 0.05) is 34.8 Å². The predicted octanol–water partition coefficient (Wildman–Crippen LogP) is 2.75. The van der Waals surface area contributed by atoms with Crippen molar-refractivity contribution < 1.29 is 4.52 Å². The van der Waals surface area contributed by atoms with Gasteiger partial charge in [-0.2, -0.15) is 28.5 Å². The van der Waals surface area contributed by atoms with E-state index in [0.29, 0.717) is 10.5 Å². The Hall–Kier alpha value is 0.150. The van der Waals surface area contributed by atoms with E-state index in [-0.39, 0.29) is 6.04 Å². The molecule has 0 aromatic carbocycles. The summed E-state index contributed by atoms with van der Waals surface area (Å²) in [6, 6.07) is 0.237. The molecular formula is C12H19N3OS3. The van der Waals surface area contributed by atoms with Crippen LogP contribution < -0.4 is 5.32 Å². The fourth-order valence-corrected chi connectivity index (χ4v) is 6.28. The molecule has 19 heavy (non-hydrogen) atoms. The largest absolute Gasteiger partial charge is 0.338 e. The number of thioether (sulfide) groups is 3. The van der Waals surface area contributed by atoms with E-state index in [4.69, 9.17) is 4.52 Å². The third kappa shape index (κ3) is 3.25. The zero-order valence-corrected chi connectivity index (χ0v) is 13.5. The first-order valence-corrected chi connectivity index (χ1v) is 10.0. The fraction of sp³-hybridized carbons (Fsp3) is 0.833. The monoisotopic (exact) mass is 317 g/mol. The molecular weight excluding hydrogens is 298 g/mol. The van der Waals surface area contributed by atoms with Crippen molar-refractivity contribution in [2.24, 2.45) is 0 Å². The normalized spacial score (nSPS) is 32.4. The molecule has 1 aromatic heterocycles. The van der Waals surface area contributed by atoms with Crippen molar-refractivity contribution in [3.8, 4) is 0 Å². The van der Waals surface area contributed by atoms with Gasteiger partial charge in [-0.15, -0.1) is 11.8 Å². The van der Waals surface area contributed by atoms with Crippen LogP contribution in [-0.2, 0) is 0 Å². The fourth-order valence-electron chi connectivity index (χ4n) is 2.37. The van der Waals surface area contributed by atoms with Crippen LogP contribution in [0.4, 0.5) is 0 Å². The summed E-state index contributed by atoms with van der Waals surface area (Å²) in [4.78, 5) is 4.67. The zero-order valence-electron chi connectivity index (χ0n) is 11.0. The quantitative estimate of drug-likeness (QED) is 0.920. The highest BCUT2D eigenvalue weighted by Gasteiger charge is 2.31. The lowest BCUT2D eigenvalue weighted by atomic mass is 10.2. The number of hydrogen-bond donors (Lipinski definition) is 1. The van der Waals surface area contributed by atoms with Crippen molar-refractivity contribution in [3.05, 3.63) is 11.7 Å². The number of rotatable bonds is 3. The van der Waals surface area contributed by atoms with E-state index < -0.39 is 0 Å². The minimum atomic E-state index is 0.237. The Labute approximate surface area is 126 Å². The molecule has 2 fully saturated rings. The van der Waals surface area contributed by atoms with Gasteiger partial charge in [0.25, 0.3) is 0 Å². The summed E-state index contributed by atoms with van der Waals surface area (Å²) in [5.41, 5.74) is 0. The minimum absolute atomic E-state index is 0.237. The molecule has 3 unspecified atom stereocenters. The molecule has 0 radical (unpaired) electrons. The van der Waals surface area contributed by atoms with Crippen LogP contribution in [0, 0.1) is 0 Å². The van der Waals surface area contributed by atoms with Crippen molar-refractivity contribution in [1.29, 1.82) is 0 Å². The smallest absolute Gasteiger partial charge is 0.244 e. The average Bonchev–Trinajstić information content (AvgIpc) is 2.98. The minimum Gasteiger partial charge on any atom is -0.338 e. The van der Waals surface area contributed by atoms with Gasteiger partial charge in [0.15, 0.2) is 5.82 Å². The number of hydrogen-bond acceptors (Lipinski definition) is 7. The maximum atomic E-state index is 5.49. The molecule has 0 spiro atoms. The van der Waals surface area contributed by atoms with Crippen molar-refractivity contribution in [1.82, 2.24) is 15.5 Å². The molecule has 106 valence electrons. The van der Waals surface area contributed by atoms with Gasteiger partial charge in [-0.05, 0) is 6.42 Å². The SMILES string of the molecule is CCC1SCCSC1c1noc(C2CSCCN2)n1. The Morgan fingerprint density at radius 1 is 1.32 bits per heavy atom. The summed E-state index contributed by atoms with van der Waals surface area (Å²) in [7, 11) is 0. The van der Waals surface area contributed by atoms with Crippen LogP contribution in [0.1, 0.15) is 36.4 Å².